The Balaban J connectivity index is 1.61. The molecule has 7 heteroatoms. The van der Waals surface area contributed by atoms with Crippen LogP contribution in [0.4, 0.5) is 17.1 Å². The number of ether oxygens (including phenoxy) is 1. The van der Waals surface area contributed by atoms with Crippen LogP contribution in [0.25, 0.3) is 0 Å². The molecule has 4 aromatic carbocycles. The second-order valence-electron chi connectivity index (χ2n) is 7.85. The van der Waals surface area contributed by atoms with Gasteiger partial charge in [-0.2, -0.15) is 0 Å². The van der Waals surface area contributed by atoms with Gasteiger partial charge in [0.2, 0.25) is 6.23 Å². The second kappa shape index (κ2) is 11.1. The van der Waals surface area contributed by atoms with E-state index in [4.69, 9.17) is 16.3 Å². The number of nitrogens with one attached hydrogen (secondary N) is 1. The van der Waals surface area contributed by atoms with Gasteiger partial charge in [-0.25, -0.2) is 5.84 Å². The van der Waals surface area contributed by atoms with E-state index >= 15 is 0 Å². The molecule has 0 aromatic heterocycles. The van der Waals surface area contributed by atoms with E-state index in [0.29, 0.717) is 28.2 Å². The van der Waals surface area contributed by atoms with Crippen molar-refractivity contribution in [2.75, 3.05) is 16.1 Å². The van der Waals surface area contributed by atoms with Crippen LogP contribution in [0.5, 0.6) is 0 Å². The maximum Gasteiger partial charge on any atom is 0.276 e. The molecule has 4 rings (SSSR count). The molecule has 35 heavy (non-hydrogen) atoms. The molecular weight excluding hydrogens is 440 g/mol. The van der Waals surface area contributed by atoms with Gasteiger partial charge in [-0.1, -0.05) is 84.9 Å². The molecular formula is C28H26N4O3. The fourth-order valence-corrected chi connectivity index (χ4v) is 3.61. The third-order valence-electron chi connectivity index (χ3n) is 5.41. The Morgan fingerprint density at radius 2 is 1.40 bits per heavy atom. The van der Waals surface area contributed by atoms with Crippen molar-refractivity contribution in [3.8, 4) is 0 Å². The minimum absolute atomic E-state index is 0.143. The number of hydrogen-bond acceptors (Lipinski definition) is 6. The van der Waals surface area contributed by atoms with Gasteiger partial charge in [-0.15, -0.1) is 0 Å². The number of para-hydroxylation sites is 3. The van der Waals surface area contributed by atoms with E-state index in [9.17, 15) is 9.59 Å². The van der Waals surface area contributed by atoms with E-state index in [1.807, 2.05) is 36.4 Å². The number of anilines is 3. The second-order valence-corrected chi connectivity index (χ2v) is 7.85. The van der Waals surface area contributed by atoms with Gasteiger partial charge in [0.05, 0.1) is 23.7 Å². The third kappa shape index (κ3) is 5.73. The van der Waals surface area contributed by atoms with Gasteiger partial charge in [0.1, 0.15) is 0 Å². The van der Waals surface area contributed by atoms with Crippen LogP contribution in [0.1, 0.15) is 21.5 Å². The number of carbonyl (C=O) groups excluding carboxylic acids is 2. The highest BCUT2D eigenvalue weighted by molar-refractivity contribution is 6.14. The van der Waals surface area contributed by atoms with Crippen molar-refractivity contribution in [1.82, 2.24) is 0 Å². The lowest BCUT2D eigenvalue weighted by Gasteiger charge is -2.29. The summed E-state index contributed by atoms with van der Waals surface area (Å²) in [7, 11) is 0. The maximum absolute atomic E-state index is 13.5. The molecule has 0 aliphatic rings. The van der Waals surface area contributed by atoms with Crippen LogP contribution in [0.2, 0.25) is 0 Å². The van der Waals surface area contributed by atoms with E-state index < -0.39 is 12.1 Å². The number of carbonyl (C=O) groups is 2. The quantitative estimate of drug-likeness (QED) is 0.111. The van der Waals surface area contributed by atoms with Crippen LogP contribution in [-0.2, 0) is 16.1 Å². The molecule has 0 heterocycles. The molecule has 1 atom stereocenters. The number of hydrogen-bond donors (Lipinski definition) is 3. The van der Waals surface area contributed by atoms with Gasteiger partial charge in [0, 0.05) is 11.1 Å². The van der Waals surface area contributed by atoms with Crippen molar-refractivity contribution in [3.63, 3.8) is 0 Å². The van der Waals surface area contributed by atoms with Gasteiger partial charge >= 0.3 is 0 Å². The van der Waals surface area contributed by atoms with Crippen LogP contribution in [0.15, 0.2) is 109 Å². The molecule has 0 bridgehead atoms. The molecule has 1 amide bonds. The zero-order chi connectivity index (χ0) is 24.6. The minimum Gasteiger partial charge on any atom is -0.397 e. The number of nitrogen functional groups attached to an aromatic ring is 1. The van der Waals surface area contributed by atoms with Crippen molar-refractivity contribution in [2.24, 2.45) is 5.84 Å². The first-order valence-corrected chi connectivity index (χ1v) is 11.1. The van der Waals surface area contributed by atoms with Crippen LogP contribution in [0, 0.1) is 0 Å². The van der Waals surface area contributed by atoms with Crippen molar-refractivity contribution in [1.29, 1.82) is 0 Å². The number of amides is 1. The van der Waals surface area contributed by atoms with Crippen LogP contribution in [-0.4, -0.2) is 17.9 Å². The molecule has 4 aromatic rings. The summed E-state index contributed by atoms with van der Waals surface area (Å²) in [6.45, 7) is 0.143. The molecule has 176 valence electrons. The molecule has 1 unspecified atom stereocenters. The summed E-state index contributed by atoms with van der Waals surface area (Å²) in [6.07, 6.45) is -1.22. The summed E-state index contributed by atoms with van der Waals surface area (Å²) in [5.74, 6) is 5.60. The predicted octanol–water partition coefficient (Wildman–Crippen LogP) is 4.36. The van der Waals surface area contributed by atoms with Gasteiger partial charge < -0.3 is 15.8 Å². The Morgan fingerprint density at radius 1 is 0.800 bits per heavy atom. The summed E-state index contributed by atoms with van der Waals surface area (Å²) < 4.78 is 5.97. The molecule has 0 saturated heterocycles. The zero-order valence-corrected chi connectivity index (χ0v) is 19.0. The molecule has 5 N–H and O–H groups in total. The summed E-state index contributed by atoms with van der Waals surface area (Å²) in [5.41, 5.74) is 9.04. The van der Waals surface area contributed by atoms with Crippen LogP contribution < -0.4 is 21.9 Å². The fourth-order valence-electron chi connectivity index (χ4n) is 3.61. The predicted molar refractivity (Wildman–Crippen MR) is 137 cm³/mol. The SMILES string of the molecule is Nc1ccccc1N(N)C(OCc1ccccc1)C(=O)Nc1ccccc1C(=O)c1ccccc1. The molecule has 0 spiro atoms. The molecule has 0 fully saturated rings. The highest BCUT2D eigenvalue weighted by atomic mass is 16.5. The smallest absolute Gasteiger partial charge is 0.276 e. The first kappa shape index (κ1) is 23.7. The molecule has 7 nitrogen and oxygen atoms in total. The molecule has 0 aliphatic heterocycles. The summed E-state index contributed by atoms with van der Waals surface area (Å²) >= 11 is 0. The molecule has 0 saturated carbocycles. The number of benzene rings is 4. The highest BCUT2D eigenvalue weighted by Crippen LogP contribution is 2.25. The largest absolute Gasteiger partial charge is 0.397 e. The third-order valence-corrected chi connectivity index (χ3v) is 5.41. The molecule has 0 radical (unpaired) electrons. The van der Waals surface area contributed by atoms with Gasteiger partial charge in [0.15, 0.2) is 5.78 Å². The van der Waals surface area contributed by atoms with Gasteiger partial charge in [-0.05, 0) is 29.8 Å². The monoisotopic (exact) mass is 466 g/mol. The first-order chi connectivity index (χ1) is 17.0. The number of ketones is 1. The van der Waals surface area contributed by atoms with E-state index in [1.165, 1.54) is 5.01 Å². The minimum atomic E-state index is -1.22. The number of hydrazine groups is 1. The lowest BCUT2D eigenvalue weighted by atomic mass is 10.0. The van der Waals surface area contributed by atoms with Gasteiger partial charge in [-0.3, -0.25) is 14.6 Å². The van der Waals surface area contributed by atoms with Crippen LogP contribution in [0.3, 0.4) is 0 Å². The van der Waals surface area contributed by atoms with E-state index in [2.05, 4.69) is 5.32 Å². The lowest BCUT2D eigenvalue weighted by molar-refractivity contribution is -0.128. The summed E-state index contributed by atoms with van der Waals surface area (Å²) in [6, 6.07) is 32.1. The topological polar surface area (TPSA) is 111 Å². The average Bonchev–Trinajstić information content (AvgIpc) is 2.90. The van der Waals surface area contributed by atoms with Crippen molar-refractivity contribution >= 4 is 28.8 Å². The lowest BCUT2D eigenvalue weighted by Crippen LogP contribution is -2.50. The summed E-state index contributed by atoms with van der Waals surface area (Å²) in [5, 5.41) is 4.01. The molecule has 0 aliphatic carbocycles. The van der Waals surface area contributed by atoms with E-state index in [0.717, 1.165) is 5.56 Å². The Bertz CT molecular complexity index is 1300. The van der Waals surface area contributed by atoms with E-state index in [-0.39, 0.29) is 12.4 Å². The average molecular weight is 467 g/mol. The van der Waals surface area contributed by atoms with Crippen molar-refractivity contribution in [2.45, 2.75) is 12.8 Å². The highest BCUT2D eigenvalue weighted by Gasteiger charge is 2.28. The standard InChI is InChI=1S/C28H26N4O3/c29-23-16-8-10-18-25(23)32(30)28(35-19-20-11-3-1-4-12-20)27(34)31-24-17-9-7-15-22(24)26(33)21-13-5-2-6-14-21/h1-18,28H,19,29-30H2,(H,31,34). The summed E-state index contributed by atoms with van der Waals surface area (Å²) in [4.78, 5) is 26.6. The Kier molecular flexibility index (Phi) is 7.52. The van der Waals surface area contributed by atoms with E-state index in [1.54, 1.807) is 72.8 Å². The Hall–Kier alpha value is -4.46. The zero-order valence-electron chi connectivity index (χ0n) is 19.0. The first-order valence-electron chi connectivity index (χ1n) is 11.1. The number of rotatable bonds is 9. The fraction of sp³-hybridized carbons (Fsp3) is 0.0714. The Morgan fingerprint density at radius 3 is 2.11 bits per heavy atom. The van der Waals surface area contributed by atoms with Crippen molar-refractivity contribution < 1.29 is 14.3 Å². The van der Waals surface area contributed by atoms with Crippen molar-refractivity contribution in [3.05, 3.63) is 126 Å². The van der Waals surface area contributed by atoms with Crippen LogP contribution >= 0.6 is 0 Å². The number of nitrogens with two attached hydrogens (primary N) is 2. The number of nitrogens with zero attached hydrogens (tertiary/aromatic N) is 1. The Labute approximate surface area is 203 Å². The van der Waals surface area contributed by atoms with Gasteiger partial charge in [0.25, 0.3) is 5.91 Å². The maximum atomic E-state index is 13.5. The normalized spacial score (nSPS) is 11.5.